The predicted octanol–water partition coefficient (Wildman–Crippen LogP) is 4.89. The molecule has 0 unspecified atom stereocenters. The summed E-state index contributed by atoms with van der Waals surface area (Å²) >= 11 is 8.45. The molecule has 0 aliphatic heterocycles. The maximum Gasteiger partial charge on any atom is 0.252 e. The van der Waals surface area contributed by atoms with Crippen LogP contribution in [-0.2, 0) is 0 Å². The number of nitrogens with one attached hydrogen (secondary N) is 1. The van der Waals surface area contributed by atoms with E-state index < -0.39 is 0 Å². The van der Waals surface area contributed by atoms with Gasteiger partial charge in [0.25, 0.3) is 5.91 Å². The zero-order chi connectivity index (χ0) is 15.3. The molecule has 0 heterocycles. The Bertz CT molecular complexity index is 580. The fourth-order valence-electron chi connectivity index (χ4n) is 5.55. The summed E-state index contributed by atoms with van der Waals surface area (Å²) in [6.45, 7) is 0.830. The first kappa shape index (κ1) is 15.3. The Kier molecular flexibility index (Phi) is 3.92. The Morgan fingerprint density at radius 2 is 1.77 bits per heavy atom. The lowest BCUT2D eigenvalue weighted by Gasteiger charge is -2.56. The lowest BCUT2D eigenvalue weighted by molar-refractivity contribution is -0.0503. The van der Waals surface area contributed by atoms with Gasteiger partial charge in [0.2, 0.25) is 0 Å². The van der Waals surface area contributed by atoms with E-state index in [0.29, 0.717) is 16.0 Å². The minimum absolute atomic E-state index is 0.0146. The summed E-state index contributed by atoms with van der Waals surface area (Å²) in [7, 11) is 0. The first-order chi connectivity index (χ1) is 10.5. The van der Waals surface area contributed by atoms with Crippen LogP contribution in [0.1, 0.15) is 48.9 Å². The maximum atomic E-state index is 12.5. The second-order valence-electron chi connectivity index (χ2n) is 7.70. The molecule has 2 nitrogen and oxygen atoms in total. The van der Waals surface area contributed by atoms with Crippen LogP contribution in [0.25, 0.3) is 0 Å². The summed E-state index contributed by atoms with van der Waals surface area (Å²) in [5.41, 5.74) is 0.983. The summed E-state index contributed by atoms with van der Waals surface area (Å²) in [5, 5.41) is 3.77. The van der Waals surface area contributed by atoms with Crippen molar-refractivity contribution >= 4 is 40.1 Å². The third-order valence-electron chi connectivity index (χ3n) is 5.99. The van der Waals surface area contributed by atoms with Crippen molar-refractivity contribution < 1.29 is 4.79 Å². The predicted molar refractivity (Wildman–Crippen MR) is 97.1 cm³/mol. The molecular weight excluding hydrogens is 409 g/mol. The fraction of sp³-hybridized carbons (Fsp3) is 0.611. The van der Waals surface area contributed by atoms with E-state index in [2.05, 4.69) is 27.9 Å². The largest absolute Gasteiger partial charge is 0.351 e. The van der Waals surface area contributed by atoms with Crippen LogP contribution in [0, 0.1) is 26.7 Å². The fourth-order valence-corrected chi connectivity index (χ4v) is 6.26. The van der Waals surface area contributed by atoms with E-state index in [1.807, 2.05) is 18.2 Å². The molecule has 1 N–H and O–H groups in total. The molecule has 4 aliphatic carbocycles. The molecule has 0 atom stereocenters. The normalized spacial score (nSPS) is 35.6. The van der Waals surface area contributed by atoms with E-state index in [0.717, 1.165) is 27.9 Å². The molecule has 118 valence electrons. The third kappa shape index (κ3) is 2.68. The molecule has 22 heavy (non-hydrogen) atoms. The van der Waals surface area contributed by atoms with Gasteiger partial charge in [-0.3, -0.25) is 4.79 Å². The van der Waals surface area contributed by atoms with Gasteiger partial charge in [0.05, 0.1) is 10.6 Å². The van der Waals surface area contributed by atoms with Gasteiger partial charge in [0.1, 0.15) is 0 Å². The number of carbonyl (C=O) groups excluding carboxylic acids is 1. The maximum absolute atomic E-state index is 12.5. The van der Waals surface area contributed by atoms with E-state index in [1.165, 1.54) is 38.5 Å². The van der Waals surface area contributed by atoms with Crippen molar-refractivity contribution in [1.82, 2.24) is 5.32 Å². The van der Waals surface area contributed by atoms with Gasteiger partial charge in [-0.1, -0.05) is 17.7 Å². The molecule has 1 aromatic rings. The van der Waals surface area contributed by atoms with Crippen LogP contribution in [0.3, 0.4) is 0 Å². The molecule has 1 amide bonds. The molecule has 4 fully saturated rings. The molecule has 4 heteroatoms. The summed E-state index contributed by atoms with van der Waals surface area (Å²) < 4.78 is 0.932. The van der Waals surface area contributed by atoms with Crippen molar-refractivity contribution in [3.05, 3.63) is 32.4 Å². The summed E-state index contributed by atoms with van der Waals surface area (Å²) in [4.78, 5) is 12.5. The van der Waals surface area contributed by atoms with E-state index in [9.17, 15) is 4.79 Å². The van der Waals surface area contributed by atoms with E-state index >= 15 is 0 Å². The number of halogens is 2. The van der Waals surface area contributed by atoms with Gasteiger partial charge >= 0.3 is 0 Å². The number of benzene rings is 1. The van der Waals surface area contributed by atoms with Gasteiger partial charge in [-0.15, -0.1) is 0 Å². The van der Waals surface area contributed by atoms with Crippen LogP contribution in [0.2, 0.25) is 5.02 Å². The zero-order valence-electron chi connectivity index (χ0n) is 12.6. The van der Waals surface area contributed by atoms with Crippen molar-refractivity contribution in [2.24, 2.45) is 23.2 Å². The molecule has 4 aliphatic rings. The van der Waals surface area contributed by atoms with Crippen molar-refractivity contribution in [2.45, 2.75) is 38.5 Å². The standard InChI is InChI=1S/C18H21ClINO/c19-16-14(2-1-3-15(16)20)17(22)21-10-18-7-11-4-12(8-18)6-13(5-11)9-18/h1-3,11-13H,4-10H2,(H,21,22). The Hall–Kier alpha value is -0.290. The number of hydrogen-bond acceptors (Lipinski definition) is 1. The minimum atomic E-state index is -0.0146. The van der Waals surface area contributed by atoms with Crippen LogP contribution >= 0.6 is 34.2 Å². The molecule has 4 saturated carbocycles. The van der Waals surface area contributed by atoms with Crippen LogP contribution in [0.5, 0.6) is 0 Å². The van der Waals surface area contributed by atoms with E-state index in [1.54, 1.807) is 0 Å². The first-order valence-electron chi connectivity index (χ1n) is 8.27. The van der Waals surface area contributed by atoms with Crippen LogP contribution < -0.4 is 5.32 Å². The van der Waals surface area contributed by atoms with Gasteiger partial charge in [-0.2, -0.15) is 0 Å². The monoisotopic (exact) mass is 429 g/mol. The summed E-state index contributed by atoms with van der Waals surface area (Å²) in [6.07, 6.45) is 8.28. The van der Waals surface area contributed by atoms with Crippen molar-refractivity contribution in [1.29, 1.82) is 0 Å². The Morgan fingerprint density at radius 1 is 1.18 bits per heavy atom. The number of hydrogen-bond donors (Lipinski definition) is 1. The third-order valence-corrected chi connectivity index (χ3v) is 7.61. The number of amides is 1. The lowest BCUT2D eigenvalue weighted by Crippen LogP contribution is -2.51. The highest BCUT2D eigenvalue weighted by molar-refractivity contribution is 14.1. The lowest BCUT2D eigenvalue weighted by atomic mass is 9.49. The molecule has 1 aromatic carbocycles. The smallest absolute Gasteiger partial charge is 0.252 e. The second kappa shape index (κ2) is 5.66. The molecule has 5 rings (SSSR count). The van der Waals surface area contributed by atoms with Gasteiger partial charge in [-0.05, 0) is 96.4 Å². The first-order valence-corrected chi connectivity index (χ1v) is 9.72. The summed E-state index contributed by atoms with van der Waals surface area (Å²) in [6, 6.07) is 5.64. The molecular formula is C18H21ClINO. The minimum Gasteiger partial charge on any atom is -0.351 e. The van der Waals surface area contributed by atoms with Crippen molar-refractivity contribution in [3.63, 3.8) is 0 Å². The highest BCUT2D eigenvalue weighted by Crippen LogP contribution is 2.59. The SMILES string of the molecule is O=C(NCC12CC3CC(CC(C3)C1)C2)c1cccc(I)c1Cl. The highest BCUT2D eigenvalue weighted by Gasteiger charge is 2.50. The Balaban J connectivity index is 1.46. The molecule has 0 spiro atoms. The van der Waals surface area contributed by atoms with Crippen LogP contribution in [-0.4, -0.2) is 12.5 Å². The number of carbonyl (C=O) groups is 1. The van der Waals surface area contributed by atoms with Crippen LogP contribution in [0.15, 0.2) is 18.2 Å². The number of rotatable bonds is 3. The van der Waals surface area contributed by atoms with Gasteiger partial charge in [0, 0.05) is 10.1 Å². The van der Waals surface area contributed by atoms with Crippen molar-refractivity contribution in [3.8, 4) is 0 Å². The summed E-state index contributed by atoms with van der Waals surface area (Å²) in [5.74, 6) is 2.75. The Labute approximate surface area is 150 Å². The highest BCUT2D eigenvalue weighted by atomic mass is 127. The van der Waals surface area contributed by atoms with Crippen LogP contribution in [0.4, 0.5) is 0 Å². The quantitative estimate of drug-likeness (QED) is 0.681. The second-order valence-corrected chi connectivity index (χ2v) is 9.24. The molecule has 0 aromatic heterocycles. The van der Waals surface area contributed by atoms with E-state index in [4.69, 9.17) is 11.6 Å². The van der Waals surface area contributed by atoms with Crippen molar-refractivity contribution in [2.75, 3.05) is 6.54 Å². The average molecular weight is 430 g/mol. The molecule has 0 radical (unpaired) electrons. The topological polar surface area (TPSA) is 29.1 Å². The molecule has 4 bridgehead atoms. The van der Waals surface area contributed by atoms with Gasteiger partial charge in [0.15, 0.2) is 0 Å². The van der Waals surface area contributed by atoms with Gasteiger partial charge < -0.3 is 5.32 Å². The van der Waals surface area contributed by atoms with E-state index in [-0.39, 0.29) is 5.91 Å². The zero-order valence-corrected chi connectivity index (χ0v) is 15.5. The Morgan fingerprint density at radius 3 is 2.36 bits per heavy atom. The average Bonchev–Trinajstić information content (AvgIpc) is 2.46. The molecule has 0 saturated heterocycles. The van der Waals surface area contributed by atoms with Gasteiger partial charge in [-0.25, -0.2) is 0 Å².